The zero-order valence-corrected chi connectivity index (χ0v) is 16.5. The molecule has 0 unspecified atom stereocenters. The van der Waals surface area contributed by atoms with E-state index in [1.807, 2.05) is 0 Å². The molecule has 3 aromatic rings. The van der Waals surface area contributed by atoms with Crippen LogP contribution in [0, 0.1) is 0 Å². The Morgan fingerprint density at radius 2 is 1.86 bits per heavy atom. The molecule has 1 heterocycles. The van der Waals surface area contributed by atoms with E-state index in [-0.39, 0.29) is 10.1 Å². The number of ether oxygens (including phenoxy) is 2. The van der Waals surface area contributed by atoms with E-state index in [0.29, 0.717) is 33.5 Å². The van der Waals surface area contributed by atoms with Crippen LogP contribution in [0.2, 0.25) is 5.02 Å². The van der Waals surface area contributed by atoms with Crippen molar-refractivity contribution >= 4 is 35.4 Å². The molecule has 2 aromatic carbocycles. The summed E-state index contributed by atoms with van der Waals surface area (Å²) in [6, 6.07) is 12.3. The summed E-state index contributed by atoms with van der Waals surface area (Å²) in [6.07, 6.45) is 1.49. The number of rotatable bonds is 7. The van der Waals surface area contributed by atoms with E-state index in [2.05, 4.69) is 15.2 Å². The van der Waals surface area contributed by atoms with Gasteiger partial charge in [0, 0.05) is 16.7 Å². The van der Waals surface area contributed by atoms with Crippen LogP contribution in [0.4, 0.5) is 0 Å². The molecule has 1 aromatic heterocycles. The van der Waals surface area contributed by atoms with Crippen LogP contribution in [-0.4, -0.2) is 40.5 Å². The summed E-state index contributed by atoms with van der Waals surface area (Å²) in [5.74, 6) is 0.566. The Morgan fingerprint density at radius 3 is 2.46 bits per heavy atom. The quantitative estimate of drug-likeness (QED) is 0.435. The highest BCUT2D eigenvalue weighted by Crippen LogP contribution is 2.31. The summed E-state index contributed by atoms with van der Waals surface area (Å²) in [5.41, 5.74) is 1.30. The number of benzene rings is 2. The smallest absolute Gasteiger partial charge is 0.342 e. The first-order valence-corrected chi connectivity index (χ1v) is 9.23. The fourth-order valence-electron chi connectivity index (χ4n) is 2.33. The predicted molar refractivity (Wildman–Crippen MR) is 108 cm³/mol. The van der Waals surface area contributed by atoms with Gasteiger partial charge in [-0.05, 0) is 41.6 Å². The Bertz CT molecular complexity index is 1010. The van der Waals surface area contributed by atoms with Crippen LogP contribution in [0.1, 0.15) is 5.56 Å². The fraction of sp³-hybridized carbons (Fsp3) is 0.105. The molecule has 0 radical (unpaired) electrons. The molecule has 3 rings (SSSR count). The summed E-state index contributed by atoms with van der Waals surface area (Å²) in [5, 5.41) is 17.1. The highest BCUT2D eigenvalue weighted by Gasteiger charge is 2.16. The van der Waals surface area contributed by atoms with Gasteiger partial charge in [0.15, 0.2) is 5.82 Å². The van der Waals surface area contributed by atoms with Crippen LogP contribution < -0.4 is 9.47 Å². The molecule has 0 saturated heterocycles. The van der Waals surface area contributed by atoms with Crippen molar-refractivity contribution in [3.05, 3.63) is 58.0 Å². The molecular formula is C19H16ClN3O4S. The molecule has 0 atom stereocenters. The van der Waals surface area contributed by atoms with E-state index in [0.717, 1.165) is 11.8 Å². The third-order valence-electron chi connectivity index (χ3n) is 3.69. The van der Waals surface area contributed by atoms with Gasteiger partial charge in [0.2, 0.25) is 5.16 Å². The maximum Gasteiger partial charge on any atom is 0.342 e. The van der Waals surface area contributed by atoms with Gasteiger partial charge >= 0.3 is 5.97 Å². The van der Waals surface area contributed by atoms with Gasteiger partial charge in [0.1, 0.15) is 16.4 Å². The zero-order chi connectivity index (χ0) is 20.1. The Morgan fingerprint density at radius 1 is 1.18 bits per heavy atom. The monoisotopic (exact) mass is 417 g/mol. The van der Waals surface area contributed by atoms with Gasteiger partial charge in [0.05, 0.1) is 14.2 Å². The number of nitrogens with one attached hydrogen (secondary N) is 1. The summed E-state index contributed by atoms with van der Waals surface area (Å²) >= 11 is 7.03. The van der Waals surface area contributed by atoms with E-state index in [1.165, 1.54) is 6.08 Å². The molecule has 0 fully saturated rings. The van der Waals surface area contributed by atoms with Gasteiger partial charge in [-0.25, -0.2) is 9.78 Å². The number of nitrogens with zero attached hydrogens (tertiary/aromatic N) is 2. The second-order valence-corrected chi connectivity index (χ2v) is 6.92. The number of halogens is 1. The minimum absolute atomic E-state index is 0.0434. The number of carbonyl (C=O) groups is 1. The molecule has 0 spiro atoms. The minimum Gasteiger partial charge on any atom is -0.497 e. The van der Waals surface area contributed by atoms with Crippen molar-refractivity contribution in [2.24, 2.45) is 0 Å². The third-order valence-corrected chi connectivity index (χ3v) is 4.92. The SMILES string of the molecule is COc1cc(OC)cc(-c2nc(S/C(=C\c3ccccc3Cl)C(=O)O)n[nH]2)c1. The minimum atomic E-state index is -1.10. The lowest BCUT2D eigenvalue weighted by atomic mass is 10.2. The molecule has 0 bridgehead atoms. The van der Waals surface area contributed by atoms with Crippen molar-refractivity contribution in [3.63, 3.8) is 0 Å². The lowest BCUT2D eigenvalue weighted by Crippen LogP contribution is -1.97. The number of hydrogen-bond acceptors (Lipinski definition) is 6. The first-order chi connectivity index (χ1) is 13.5. The number of methoxy groups -OCH3 is 2. The second-order valence-electron chi connectivity index (χ2n) is 5.51. The average Bonchev–Trinajstić information content (AvgIpc) is 3.17. The molecular weight excluding hydrogens is 402 g/mol. The molecule has 0 aliphatic carbocycles. The van der Waals surface area contributed by atoms with Crippen LogP contribution in [0.15, 0.2) is 52.5 Å². The summed E-state index contributed by atoms with van der Waals surface area (Å²) in [4.78, 5) is 16.0. The number of aromatic amines is 1. The van der Waals surface area contributed by atoms with Crippen LogP contribution in [0.25, 0.3) is 17.5 Å². The van der Waals surface area contributed by atoms with Gasteiger partial charge in [-0.3, -0.25) is 5.10 Å². The van der Waals surface area contributed by atoms with Crippen molar-refractivity contribution < 1.29 is 19.4 Å². The fourth-order valence-corrected chi connectivity index (χ4v) is 3.22. The second kappa shape index (κ2) is 8.81. The van der Waals surface area contributed by atoms with Crippen molar-refractivity contribution in [1.82, 2.24) is 15.2 Å². The first-order valence-electron chi connectivity index (χ1n) is 8.03. The number of carboxylic acid groups (broad SMARTS) is 1. The van der Waals surface area contributed by atoms with E-state index in [4.69, 9.17) is 21.1 Å². The predicted octanol–water partition coefficient (Wildman–Crippen LogP) is 4.36. The van der Waals surface area contributed by atoms with Crippen LogP contribution in [0.5, 0.6) is 11.5 Å². The van der Waals surface area contributed by atoms with Crippen molar-refractivity contribution in [2.75, 3.05) is 14.2 Å². The number of thioether (sulfide) groups is 1. The number of aliphatic carboxylic acids is 1. The molecule has 0 saturated carbocycles. The Hall–Kier alpha value is -2.97. The molecule has 28 heavy (non-hydrogen) atoms. The van der Waals surface area contributed by atoms with Crippen molar-refractivity contribution in [1.29, 1.82) is 0 Å². The molecule has 144 valence electrons. The average molecular weight is 418 g/mol. The Labute approximate surface area is 170 Å². The number of aromatic nitrogens is 3. The summed E-state index contributed by atoms with van der Waals surface area (Å²) in [7, 11) is 3.11. The normalized spacial score (nSPS) is 11.3. The summed E-state index contributed by atoms with van der Waals surface area (Å²) < 4.78 is 10.5. The Balaban J connectivity index is 1.89. The highest BCUT2D eigenvalue weighted by atomic mass is 35.5. The molecule has 0 amide bonds. The van der Waals surface area contributed by atoms with Gasteiger partial charge in [-0.1, -0.05) is 29.8 Å². The highest BCUT2D eigenvalue weighted by molar-refractivity contribution is 8.04. The maximum absolute atomic E-state index is 11.6. The van der Waals surface area contributed by atoms with Crippen molar-refractivity contribution in [3.8, 4) is 22.9 Å². The largest absolute Gasteiger partial charge is 0.497 e. The van der Waals surface area contributed by atoms with Crippen LogP contribution in [0.3, 0.4) is 0 Å². The molecule has 9 heteroatoms. The lowest BCUT2D eigenvalue weighted by molar-refractivity contribution is -0.131. The Kier molecular flexibility index (Phi) is 6.23. The van der Waals surface area contributed by atoms with Crippen LogP contribution in [-0.2, 0) is 4.79 Å². The van der Waals surface area contributed by atoms with E-state index in [9.17, 15) is 9.90 Å². The van der Waals surface area contributed by atoms with E-state index in [1.54, 1.807) is 56.7 Å². The van der Waals surface area contributed by atoms with E-state index >= 15 is 0 Å². The third kappa shape index (κ3) is 4.65. The number of carboxylic acids is 1. The van der Waals surface area contributed by atoms with E-state index < -0.39 is 5.97 Å². The summed E-state index contributed by atoms with van der Waals surface area (Å²) in [6.45, 7) is 0. The molecule has 0 aliphatic rings. The molecule has 2 N–H and O–H groups in total. The first kappa shape index (κ1) is 19.8. The topological polar surface area (TPSA) is 97.3 Å². The standard InChI is InChI=1S/C19H16ClN3O4S/c1-26-13-7-12(8-14(10-13)27-2)17-21-19(23-22-17)28-16(18(24)25)9-11-5-3-4-6-15(11)20/h3-10H,1-2H3,(H,24,25)(H,21,22,23)/b16-9-. The number of hydrogen-bond donors (Lipinski definition) is 2. The zero-order valence-electron chi connectivity index (χ0n) is 15.0. The van der Waals surface area contributed by atoms with Gasteiger partial charge in [-0.15, -0.1) is 5.10 Å². The van der Waals surface area contributed by atoms with Gasteiger partial charge < -0.3 is 14.6 Å². The molecule has 0 aliphatic heterocycles. The lowest BCUT2D eigenvalue weighted by Gasteiger charge is -2.06. The van der Waals surface area contributed by atoms with Gasteiger partial charge in [0.25, 0.3) is 0 Å². The van der Waals surface area contributed by atoms with Gasteiger partial charge in [-0.2, -0.15) is 0 Å². The number of H-pyrrole nitrogens is 1. The molecule has 7 nitrogen and oxygen atoms in total. The van der Waals surface area contributed by atoms with Crippen molar-refractivity contribution in [2.45, 2.75) is 5.16 Å². The van der Waals surface area contributed by atoms with Crippen LogP contribution >= 0.6 is 23.4 Å². The maximum atomic E-state index is 11.6.